The van der Waals surface area contributed by atoms with Gasteiger partial charge in [-0.3, -0.25) is 4.99 Å². The molecule has 0 spiro atoms. The molecule has 0 aliphatic carbocycles. The second kappa shape index (κ2) is 4.02. The van der Waals surface area contributed by atoms with Crippen LogP contribution in [0.4, 0.5) is 0 Å². The normalized spacial score (nSPS) is 20.6. The predicted molar refractivity (Wildman–Crippen MR) is 66.1 cm³/mol. The highest BCUT2D eigenvalue weighted by atomic mass is 79.9. The molecule has 1 heterocycles. The van der Waals surface area contributed by atoms with E-state index in [1.807, 2.05) is 30.1 Å². The van der Waals surface area contributed by atoms with Gasteiger partial charge < -0.3 is 10.6 Å². The van der Waals surface area contributed by atoms with Gasteiger partial charge in [-0.15, -0.1) is 0 Å². The fourth-order valence-corrected chi connectivity index (χ4v) is 2.06. The molecule has 5 heteroatoms. The molecule has 0 amide bonds. The maximum Gasteiger partial charge on any atom is 0.191 e. The predicted octanol–water partition coefficient (Wildman–Crippen LogP) is 2.40. The van der Waals surface area contributed by atoms with Gasteiger partial charge in [0.15, 0.2) is 5.96 Å². The second-order valence-corrected chi connectivity index (χ2v) is 4.76. The van der Waals surface area contributed by atoms with Crippen LogP contribution in [0.5, 0.6) is 0 Å². The van der Waals surface area contributed by atoms with E-state index in [-0.39, 0.29) is 6.04 Å². The first-order valence-corrected chi connectivity index (χ1v) is 5.74. The van der Waals surface area contributed by atoms with Gasteiger partial charge >= 0.3 is 0 Å². The zero-order chi connectivity index (χ0) is 11.0. The van der Waals surface area contributed by atoms with E-state index in [9.17, 15) is 0 Å². The van der Waals surface area contributed by atoms with Gasteiger partial charge in [0, 0.05) is 11.5 Å². The van der Waals surface area contributed by atoms with E-state index < -0.39 is 0 Å². The molecule has 1 aromatic carbocycles. The summed E-state index contributed by atoms with van der Waals surface area (Å²) in [5, 5.41) is 0.714. The lowest BCUT2D eigenvalue weighted by molar-refractivity contribution is 0.414. The van der Waals surface area contributed by atoms with Gasteiger partial charge in [-0.25, -0.2) is 0 Å². The fraction of sp³-hybridized carbons (Fsp3) is 0.300. The summed E-state index contributed by atoms with van der Waals surface area (Å²) in [6.07, 6.45) is 0. The minimum absolute atomic E-state index is 0.204. The van der Waals surface area contributed by atoms with Gasteiger partial charge in [0.25, 0.3) is 0 Å². The molecule has 1 aromatic rings. The van der Waals surface area contributed by atoms with E-state index in [1.54, 1.807) is 0 Å². The van der Waals surface area contributed by atoms with Crippen LogP contribution in [0.3, 0.4) is 0 Å². The van der Waals surface area contributed by atoms with E-state index in [1.165, 1.54) is 0 Å². The topological polar surface area (TPSA) is 41.6 Å². The Morgan fingerprint density at radius 2 is 2.33 bits per heavy atom. The quantitative estimate of drug-likeness (QED) is 0.862. The molecule has 0 aromatic heterocycles. The minimum atomic E-state index is 0.204. The third kappa shape index (κ3) is 1.96. The van der Waals surface area contributed by atoms with Crippen molar-refractivity contribution in [1.82, 2.24) is 4.90 Å². The molecule has 15 heavy (non-hydrogen) atoms. The summed E-state index contributed by atoms with van der Waals surface area (Å²) in [5.74, 6) is 0.582. The van der Waals surface area contributed by atoms with E-state index in [4.69, 9.17) is 17.3 Å². The van der Waals surface area contributed by atoms with Gasteiger partial charge in [-0.1, -0.05) is 17.7 Å². The number of benzene rings is 1. The van der Waals surface area contributed by atoms with Crippen LogP contribution in [0.25, 0.3) is 0 Å². The van der Waals surface area contributed by atoms with Crippen LogP contribution >= 0.6 is 27.5 Å². The summed E-state index contributed by atoms with van der Waals surface area (Å²) in [7, 11) is 1.94. The van der Waals surface area contributed by atoms with Crippen LogP contribution in [-0.2, 0) is 0 Å². The van der Waals surface area contributed by atoms with Gasteiger partial charge in [0.05, 0.1) is 17.6 Å². The molecule has 1 unspecified atom stereocenters. The number of halogens is 2. The average Bonchev–Trinajstić information content (AvgIpc) is 2.53. The average molecular weight is 289 g/mol. The summed E-state index contributed by atoms with van der Waals surface area (Å²) in [6.45, 7) is 0.695. The lowest BCUT2D eigenvalue weighted by atomic mass is 10.1. The van der Waals surface area contributed by atoms with Crippen LogP contribution in [0.1, 0.15) is 11.6 Å². The maximum atomic E-state index is 6.04. The third-order valence-electron chi connectivity index (χ3n) is 2.58. The van der Waals surface area contributed by atoms with Gasteiger partial charge in [0.1, 0.15) is 0 Å². The number of nitrogens with two attached hydrogens (primary N) is 1. The number of likely N-dealkylation sites (N-methyl/N-ethyl adjacent to an activating group) is 1. The van der Waals surface area contributed by atoms with Crippen molar-refractivity contribution in [2.45, 2.75) is 6.04 Å². The van der Waals surface area contributed by atoms with Crippen molar-refractivity contribution in [1.29, 1.82) is 0 Å². The molecule has 2 N–H and O–H groups in total. The van der Waals surface area contributed by atoms with Crippen LogP contribution in [0.2, 0.25) is 5.02 Å². The summed E-state index contributed by atoms with van der Waals surface area (Å²) in [4.78, 5) is 6.15. The molecule has 1 aliphatic heterocycles. The molecule has 2 rings (SSSR count). The number of guanidine groups is 1. The van der Waals surface area contributed by atoms with E-state index in [0.717, 1.165) is 10.0 Å². The second-order valence-electron chi connectivity index (χ2n) is 3.50. The van der Waals surface area contributed by atoms with Gasteiger partial charge in [-0.05, 0) is 33.6 Å². The molecule has 0 fully saturated rings. The SMILES string of the molecule is CN1C(N)=NCC1c1ccc(Br)c(Cl)c1. The fourth-order valence-electron chi connectivity index (χ4n) is 1.62. The monoisotopic (exact) mass is 287 g/mol. The molecule has 80 valence electrons. The molecule has 1 atom stereocenters. The maximum absolute atomic E-state index is 6.04. The van der Waals surface area contributed by atoms with Crippen molar-refractivity contribution in [2.24, 2.45) is 10.7 Å². The summed E-state index contributed by atoms with van der Waals surface area (Å²) in [5.41, 5.74) is 6.84. The van der Waals surface area contributed by atoms with Crippen molar-refractivity contribution in [3.05, 3.63) is 33.3 Å². The number of aliphatic imine (C=N–C) groups is 1. The number of hydrogen-bond acceptors (Lipinski definition) is 3. The van der Waals surface area contributed by atoms with Crippen molar-refractivity contribution < 1.29 is 0 Å². The first kappa shape index (κ1) is 10.8. The standard InChI is InChI=1S/C10H11BrClN3/c1-15-9(5-14-10(15)13)6-2-3-7(11)8(12)4-6/h2-4,9H,5H2,1H3,(H2,13,14). The van der Waals surface area contributed by atoms with Crippen molar-refractivity contribution >= 4 is 33.5 Å². The van der Waals surface area contributed by atoms with E-state index >= 15 is 0 Å². The lowest BCUT2D eigenvalue weighted by Crippen LogP contribution is -2.32. The third-order valence-corrected chi connectivity index (χ3v) is 3.82. The van der Waals surface area contributed by atoms with Crippen LogP contribution in [0.15, 0.2) is 27.7 Å². The molecular weight excluding hydrogens is 277 g/mol. The number of hydrogen-bond donors (Lipinski definition) is 1. The Morgan fingerprint density at radius 3 is 2.87 bits per heavy atom. The minimum Gasteiger partial charge on any atom is -0.370 e. The Kier molecular flexibility index (Phi) is 2.89. The Labute approximate surface area is 102 Å². The molecule has 0 bridgehead atoms. The van der Waals surface area contributed by atoms with Crippen LogP contribution in [-0.4, -0.2) is 24.5 Å². The lowest BCUT2D eigenvalue weighted by Gasteiger charge is -2.21. The zero-order valence-corrected chi connectivity index (χ0v) is 10.6. The number of rotatable bonds is 1. The van der Waals surface area contributed by atoms with E-state index in [0.29, 0.717) is 17.5 Å². The van der Waals surface area contributed by atoms with Gasteiger partial charge in [0.2, 0.25) is 0 Å². The van der Waals surface area contributed by atoms with Crippen LogP contribution < -0.4 is 5.73 Å². The van der Waals surface area contributed by atoms with Crippen molar-refractivity contribution in [2.75, 3.05) is 13.6 Å². The first-order chi connectivity index (χ1) is 7.09. The smallest absolute Gasteiger partial charge is 0.191 e. The van der Waals surface area contributed by atoms with Gasteiger partial charge in [-0.2, -0.15) is 0 Å². The Hall–Kier alpha value is -0.740. The van der Waals surface area contributed by atoms with Crippen molar-refractivity contribution in [3.8, 4) is 0 Å². The highest BCUT2D eigenvalue weighted by Crippen LogP contribution is 2.29. The highest BCUT2D eigenvalue weighted by molar-refractivity contribution is 9.10. The molecule has 0 saturated heterocycles. The first-order valence-electron chi connectivity index (χ1n) is 4.57. The molecular formula is C10H11BrClN3. The van der Waals surface area contributed by atoms with Crippen molar-refractivity contribution in [3.63, 3.8) is 0 Å². The Bertz CT molecular complexity index is 419. The Balaban J connectivity index is 2.28. The highest BCUT2D eigenvalue weighted by Gasteiger charge is 2.24. The number of nitrogens with zero attached hydrogens (tertiary/aromatic N) is 2. The molecule has 3 nitrogen and oxygen atoms in total. The Morgan fingerprint density at radius 1 is 1.60 bits per heavy atom. The van der Waals surface area contributed by atoms with Crippen LogP contribution in [0, 0.1) is 0 Å². The zero-order valence-electron chi connectivity index (χ0n) is 8.24. The summed E-state index contributed by atoms with van der Waals surface area (Å²) < 4.78 is 0.905. The summed E-state index contributed by atoms with van der Waals surface area (Å²) in [6, 6.07) is 6.13. The largest absolute Gasteiger partial charge is 0.370 e. The van der Waals surface area contributed by atoms with E-state index in [2.05, 4.69) is 20.9 Å². The summed E-state index contributed by atoms with van der Waals surface area (Å²) >= 11 is 9.41. The molecule has 0 radical (unpaired) electrons. The molecule has 0 saturated carbocycles. The molecule has 1 aliphatic rings.